The number of alkyl halides is 8. The second kappa shape index (κ2) is 12.2. The second-order valence-electron chi connectivity index (χ2n) is 7.35. The molecule has 0 N–H and O–H groups in total. The van der Waals surface area contributed by atoms with Gasteiger partial charge in [0, 0.05) is 6.54 Å². The average molecular weight is 501 g/mol. The monoisotopic (exact) mass is 501 g/mol. The van der Waals surface area contributed by atoms with Crippen LogP contribution in [0.5, 0.6) is 11.5 Å². The van der Waals surface area contributed by atoms with Crippen molar-refractivity contribution in [3.05, 3.63) is 59.7 Å². The van der Waals surface area contributed by atoms with Gasteiger partial charge in [-0.2, -0.15) is 8.78 Å². The SMILES string of the molecule is CN(CC[C@H](COc1ccccc1CCc1cccc(OC(F)(F)F)c1)OC(F)(F)F)C(F)F. The Morgan fingerprint density at radius 3 is 2.24 bits per heavy atom. The van der Waals surface area contributed by atoms with E-state index in [1.165, 1.54) is 24.3 Å². The molecular formula is C22H23F8NO3. The van der Waals surface area contributed by atoms with Crippen LogP contribution in [0.4, 0.5) is 35.1 Å². The van der Waals surface area contributed by atoms with E-state index in [1.54, 1.807) is 24.3 Å². The molecule has 12 heteroatoms. The third-order valence-corrected chi connectivity index (χ3v) is 4.65. The van der Waals surface area contributed by atoms with Gasteiger partial charge >= 0.3 is 12.7 Å². The molecule has 0 spiro atoms. The summed E-state index contributed by atoms with van der Waals surface area (Å²) >= 11 is 0. The van der Waals surface area contributed by atoms with Gasteiger partial charge in [-0.05, 0) is 55.6 Å². The van der Waals surface area contributed by atoms with E-state index >= 15 is 0 Å². The van der Waals surface area contributed by atoms with Crippen LogP contribution in [0.25, 0.3) is 0 Å². The maximum Gasteiger partial charge on any atom is 0.573 e. The molecule has 0 aliphatic carbocycles. The molecule has 0 saturated carbocycles. The molecule has 1 atom stereocenters. The summed E-state index contributed by atoms with van der Waals surface area (Å²) in [6, 6.07) is 11.9. The van der Waals surface area contributed by atoms with E-state index in [0.29, 0.717) is 28.9 Å². The molecule has 2 aromatic carbocycles. The minimum absolute atomic E-state index is 0.253. The first-order valence-corrected chi connectivity index (χ1v) is 10.1. The van der Waals surface area contributed by atoms with E-state index in [1.807, 2.05) is 0 Å². The van der Waals surface area contributed by atoms with Crippen molar-refractivity contribution in [1.29, 1.82) is 0 Å². The van der Waals surface area contributed by atoms with Gasteiger partial charge in [0.25, 0.3) is 6.55 Å². The average Bonchev–Trinajstić information content (AvgIpc) is 2.72. The lowest BCUT2D eigenvalue weighted by atomic mass is 10.0. The van der Waals surface area contributed by atoms with E-state index in [9.17, 15) is 35.1 Å². The summed E-state index contributed by atoms with van der Waals surface area (Å²) in [6.07, 6.45) is -11.1. The van der Waals surface area contributed by atoms with Crippen LogP contribution in [0.1, 0.15) is 17.5 Å². The largest absolute Gasteiger partial charge is 0.573 e. The first-order valence-electron chi connectivity index (χ1n) is 10.1. The summed E-state index contributed by atoms with van der Waals surface area (Å²) < 4.78 is 114. The topological polar surface area (TPSA) is 30.9 Å². The van der Waals surface area contributed by atoms with Gasteiger partial charge in [0.05, 0.1) is 0 Å². The summed E-state index contributed by atoms with van der Waals surface area (Å²) in [5.74, 6) is -0.112. The molecular weight excluding hydrogens is 478 g/mol. The Kier molecular flexibility index (Phi) is 9.92. The highest BCUT2D eigenvalue weighted by Gasteiger charge is 2.34. The maximum absolute atomic E-state index is 12.7. The number of rotatable bonds is 12. The fraction of sp³-hybridized carbons (Fsp3) is 0.455. The van der Waals surface area contributed by atoms with Crippen LogP contribution in [0.15, 0.2) is 48.5 Å². The number of hydrogen-bond acceptors (Lipinski definition) is 4. The van der Waals surface area contributed by atoms with Crippen molar-refractivity contribution in [2.24, 2.45) is 0 Å². The summed E-state index contributed by atoms with van der Waals surface area (Å²) in [4.78, 5) is 0.581. The number of aryl methyl sites for hydroxylation is 2. The molecule has 0 bridgehead atoms. The number of hydrogen-bond donors (Lipinski definition) is 0. The van der Waals surface area contributed by atoms with Crippen molar-refractivity contribution in [2.75, 3.05) is 20.2 Å². The maximum atomic E-state index is 12.7. The first kappa shape index (κ1) is 27.6. The van der Waals surface area contributed by atoms with Crippen LogP contribution in [0.2, 0.25) is 0 Å². The van der Waals surface area contributed by atoms with Crippen LogP contribution in [-0.2, 0) is 17.6 Å². The molecule has 0 fully saturated rings. The Balaban J connectivity index is 2.02. The molecule has 2 aromatic rings. The Morgan fingerprint density at radius 2 is 1.59 bits per heavy atom. The van der Waals surface area contributed by atoms with Crippen molar-refractivity contribution < 1.29 is 49.3 Å². The third kappa shape index (κ3) is 10.6. The molecule has 0 heterocycles. The molecule has 0 unspecified atom stereocenters. The van der Waals surface area contributed by atoms with E-state index in [2.05, 4.69) is 9.47 Å². The molecule has 0 aliphatic heterocycles. The predicted octanol–water partition coefficient (Wildman–Crippen LogP) is 6.20. The standard InChI is InChI=1S/C22H23F8NO3/c1-31(20(23)24)12-11-18(34-22(28,29)30)14-32-19-8-3-2-6-16(19)10-9-15-5-4-7-17(13-15)33-21(25,26)27/h2-8,13,18,20H,9-12,14H2,1H3/t18-/m1/s1. The highest BCUT2D eigenvalue weighted by molar-refractivity contribution is 5.35. The second-order valence-corrected chi connectivity index (χ2v) is 7.35. The summed E-state index contributed by atoms with van der Waals surface area (Å²) in [6.45, 7) is -3.71. The van der Waals surface area contributed by atoms with Gasteiger partial charge in [0.15, 0.2) is 0 Å². The molecule has 0 amide bonds. The van der Waals surface area contributed by atoms with Gasteiger partial charge in [0.1, 0.15) is 24.2 Å². The van der Waals surface area contributed by atoms with E-state index in [4.69, 9.17) is 4.74 Å². The van der Waals surface area contributed by atoms with Gasteiger partial charge in [-0.15, -0.1) is 26.3 Å². The van der Waals surface area contributed by atoms with Gasteiger partial charge in [-0.3, -0.25) is 9.64 Å². The summed E-state index contributed by atoms with van der Waals surface area (Å²) in [5, 5.41) is 0. The molecule has 0 saturated heterocycles. The molecule has 0 radical (unpaired) electrons. The van der Waals surface area contributed by atoms with Crippen LogP contribution in [0, 0.1) is 0 Å². The summed E-state index contributed by atoms with van der Waals surface area (Å²) in [5.41, 5.74) is 1.14. The van der Waals surface area contributed by atoms with E-state index < -0.39 is 32.0 Å². The molecule has 0 aliphatic rings. The van der Waals surface area contributed by atoms with Crippen LogP contribution in [0.3, 0.4) is 0 Å². The number of halogens is 8. The van der Waals surface area contributed by atoms with Crippen molar-refractivity contribution in [1.82, 2.24) is 4.90 Å². The fourth-order valence-electron chi connectivity index (χ4n) is 3.02. The first-order chi connectivity index (χ1) is 15.8. The van der Waals surface area contributed by atoms with Crippen molar-refractivity contribution in [3.8, 4) is 11.5 Å². The van der Waals surface area contributed by atoms with Crippen molar-refractivity contribution in [3.63, 3.8) is 0 Å². The van der Waals surface area contributed by atoms with Gasteiger partial charge in [-0.1, -0.05) is 30.3 Å². The zero-order valence-electron chi connectivity index (χ0n) is 18.0. The van der Waals surface area contributed by atoms with E-state index in [0.717, 1.165) is 7.05 Å². The van der Waals surface area contributed by atoms with Crippen molar-refractivity contribution in [2.45, 2.75) is 44.6 Å². The highest BCUT2D eigenvalue weighted by Crippen LogP contribution is 2.26. The van der Waals surface area contributed by atoms with Gasteiger partial charge in [-0.25, -0.2) is 0 Å². The minimum atomic E-state index is -4.97. The van der Waals surface area contributed by atoms with E-state index in [-0.39, 0.29) is 24.5 Å². The number of benzene rings is 2. The Morgan fingerprint density at radius 1 is 0.882 bits per heavy atom. The van der Waals surface area contributed by atoms with Gasteiger partial charge in [0.2, 0.25) is 0 Å². The van der Waals surface area contributed by atoms with Gasteiger partial charge < -0.3 is 9.47 Å². The Bertz CT molecular complexity index is 889. The Labute approximate surface area is 191 Å². The Hall–Kier alpha value is -2.60. The fourth-order valence-corrected chi connectivity index (χ4v) is 3.02. The molecule has 0 aromatic heterocycles. The number of ether oxygens (including phenoxy) is 3. The molecule has 4 nitrogen and oxygen atoms in total. The normalized spacial score (nSPS) is 13.4. The molecule has 190 valence electrons. The quantitative estimate of drug-likeness (QED) is 0.256. The van der Waals surface area contributed by atoms with Crippen LogP contribution in [-0.4, -0.2) is 50.5 Å². The predicted molar refractivity (Wildman–Crippen MR) is 107 cm³/mol. The highest BCUT2D eigenvalue weighted by atomic mass is 19.4. The molecule has 34 heavy (non-hydrogen) atoms. The summed E-state index contributed by atoms with van der Waals surface area (Å²) in [7, 11) is 1.07. The minimum Gasteiger partial charge on any atom is -0.491 e. The van der Waals surface area contributed by atoms with Crippen molar-refractivity contribution >= 4 is 0 Å². The lowest BCUT2D eigenvalue weighted by Crippen LogP contribution is -2.34. The van der Waals surface area contributed by atoms with Crippen LogP contribution < -0.4 is 9.47 Å². The smallest absolute Gasteiger partial charge is 0.491 e. The van der Waals surface area contributed by atoms with Crippen LogP contribution >= 0.6 is 0 Å². The number of nitrogens with zero attached hydrogens (tertiary/aromatic N) is 1. The molecule has 2 rings (SSSR count). The zero-order chi connectivity index (χ0) is 25.4. The lowest BCUT2D eigenvalue weighted by Gasteiger charge is -2.23. The zero-order valence-corrected chi connectivity index (χ0v) is 18.0. The lowest BCUT2D eigenvalue weighted by molar-refractivity contribution is -0.345. The number of para-hydroxylation sites is 1. The third-order valence-electron chi connectivity index (χ3n) is 4.65.